The van der Waals surface area contributed by atoms with E-state index in [0.29, 0.717) is 34.1 Å². The van der Waals surface area contributed by atoms with Crippen LogP contribution in [0.25, 0.3) is 21.5 Å². The fourth-order valence-electron chi connectivity index (χ4n) is 4.71. The number of hydrogen-bond donors (Lipinski definition) is 2. The van der Waals surface area contributed by atoms with Crippen molar-refractivity contribution in [1.29, 1.82) is 0 Å². The van der Waals surface area contributed by atoms with Crippen molar-refractivity contribution < 1.29 is 23.8 Å². The molecule has 5 aromatic rings. The Morgan fingerprint density at radius 2 is 1.61 bits per heavy atom. The molecule has 2 N–H and O–H groups in total. The van der Waals surface area contributed by atoms with E-state index in [0.717, 1.165) is 39.1 Å². The quantitative estimate of drug-likeness (QED) is 0.162. The van der Waals surface area contributed by atoms with Crippen LogP contribution in [0.2, 0.25) is 0 Å². The average molecular weight is 611 g/mol. The first-order valence-electron chi connectivity index (χ1n) is 14.1. The Morgan fingerprint density at radius 1 is 0.886 bits per heavy atom. The van der Waals surface area contributed by atoms with Gasteiger partial charge in [-0.2, -0.15) is 0 Å². The predicted octanol–water partition coefficient (Wildman–Crippen LogP) is 7.89. The minimum absolute atomic E-state index is 0.280. The van der Waals surface area contributed by atoms with Gasteiger partial charge in [-0.1, -0.05) is 19.1 Å². The van der Waals surface area contributed by atoms with E-state index in [1.54, 1.807) is 55.9 Å². The Balaban J connectivity index is 1.43. The molecule has 0 spiro atoms. The van der Waals surface area contributed by atoms with Gasteiger partial charge in [0.1, 0.15) is 11.1 Å². The number of aromatic nitrogens is 2. The molecule has 0 aliphatic carbocycles. The maximum atomic E-state index is 13.3. The van der Waals surface area contributed by atoms with Gasteiger partial charge in [0.2, 0.25) is 0 Å². The monoisotopic (exact) mass is 610 g/mol. The molecule has 9 nitrogen and oxygen atoms in total. The van der Waals surface area contributed by atoms with E-state index in [2.05, 4.69) is 22.5 Å². The lowest BCUT2D eigenvalue weighted by Gasteiger charge is -2.19. The van der Waals surface area contributed by atoms with Crippen LogP contribution in [-0.2, 0) is 11.2 Å². The molecule has 0 saturated heterocycles. The van der Waals surface area contributed by atoms with Crippen LogP contribution in [0.5, 0.6) is 11.5 Å². The molecule has 2 aromatic heterocycles. The standard InChI is InChI=1S/C34H34N4O5S/c1-7-25-28(38-31(29-30(25)44-19-35-29)36-24-15-16-26(41-5)27(18-24)42-6)21-9-8-10-22(17-21)32(39)37-23-13-11-20(12-14-23)33(40)43-34(2,3)4/h8-19H,7H2,1-6H3,(H,36,38)(H,37,39). The van der Waals surface area contributed by atoms with Crippen molar-refractivity contribution in [2.24, 2.45) is 0 Å². The molecule has 0 radical (unpaired) electrons. The summed E-state index contributed by atoms with van der Waals surface area (Å²) >= 11 is 1.56. The molecular weight excluding hydrogens is 576 g/mol. The zero-order chi connectivity index (χ0) is 31.4. The molecule has 10 heteroatoms. The molecule has 226 valence electrons. The number of ether oxygens (including phenoxy) is 3. The van der Waals surface area contributed by atoms with Crippen molar-refractivity contribution in [3.63, 3.8) is 0 Å². The molecule has 0 atom stereocenters. The number of fused-ring (bicyclic) bond motifs is 1. The van der Waals surface area contributed by atoms with E-state index in [1.807, 2.05) is 62.7 Å². The van der Waals surface area contributed by atoms with Gasteiger partial charge in [0.05, 0.1) is 35.7 Å². The summed E-state index contributed by atoms with van der Waals surface area (Å²) in [6.45, 7) is 7.53. The largest absolute Gasteiger partial charge is 0.493 e. The number of aryl methyl sites for hydroxylation is 1. The molecule has 2 heterocycles. The smallest absolute Gasteiger partial charge is 0.338 e. The van der Waals surface area contributed by atoms with Crippen molar-refractivity contribution in [2.45, 2.75) is 39.7 Å². The highest BCUT2D eigenvalue weighted by molar-refractivity contribution is 7.17. The summed E-state index contributed by atoms with van der Waals surface area (Å²) in [5, 5.41) is 6.32. The Morgan fingerprint density at radius 3 is 2.30 bits per heavy atom. The second kappa shape index (κ2) is 12.7. The maximum Gasteiger partial charge on any atom is 0.338 e. The number of amides is 1. The van der Waals surface area contributed by atoms with E-state index in [1.165, 1.54) is 0 Å². The first-order chi connectivity index (χ1) is 21.1. The second-order valence-corrected chi connectivity index (χ2v) is 11.8. The van der Waals surface area contributed by atoms with Gasteiger partial charge in [-0.3, -0.25) is 4.79 Å². The molecule has 1 amide bonds. The number of nitrogens with one attached hydrogen (secondary N) is 2. The van der Waals surface area contributed by atoms with Gasteiger partial charge < -0.3 is 24.8 Å². The highest BCUT2D eigenvalue weighted by atomic mass is 32.1. The number of anilines is 3. The maximum absolute atomic E-state index is 13.3. The summed E-state index contributed by atoms with van der Waals surface area (Å²) in [4.78, 5) is 35.3. The molecular formula is C34H34N4O5S. The molecule has 0 aliphatic rings. The van der Waals surface area contributed by atoms with Crippen molar-refractivity contribution in [2.75, 3.05) is 24.9 Å². The minimum atomic E-state index is -0.591. The van der Waals surface area contributed by atoms with Gasteiger partial charge in [0.15, 0.2) is 17.3 Å². The van der Waals surface area contributed by atoms with Crippen LogP contribution in [-0.4, -0.2) is 41.7 Å². The lowest BCUT2D eigenvalue weighted by Crippen LogP contribution is -2.23. The van der Waals surface area contributed by atoms with E-state index < -0.39 is 11.6 Å². The van der Waals surface area contributed by atoms with Crippen molar-refractivity contribution >= 4 is 50.6 Å². The third-order valence-corrected chi connectivity index (χ3v) is 7.64. The molecule has 44 heavy (non-hydrogen) atoms. The second-order valence-electron chi connectivity index (χ2n) is 11.0. The Bertz CT molecular complexity index is 1830. The number of rotatable bonds is 9. The topological polar surface area (TPSA) is 112 Å². The van der Waals surface area contributed by atoms with Crippen LogP contribution < -0.4 is 20.1 Å². The van der Waals surface area contributed by atoms with Gasteiger partial charge in [0.25, 0.3) is 5.91 Å². The minimum Gasteiger partial charge on any atom is -0.493 e. The summed E-state index contributed by atoms with van der Waals surface area (Å²) in [6.07, 6.45) is 0.734. The fourth-order valence-corrected chi connectivity index (χ4v) is 5.62. The van der Waals surface area contributed by atoms with Crippen LogP contribution in [0.1, 0.15) is 54.0 Å². The molecule has 0 saturated carbocycles. The molecule has 0 aliphatic heterocycles. The summed E-state index contributed by atoms with van der Waals surface area (Å²) in [6, 6.07) is 19.6. The third-order valence-electron chi connectivity index (χ3n) is 6.75. The summed E-state index contributed by atoms with van der Waals surface area (Å²) in [5.41, 5.74) is 6.83. The van der Waals surface area contributed by atoms with Crippen molar-refractivity contribution in [1.82, 2.24) is 9.97 Å². The summed E-state index contributed by atoms with van der Waals surface area (Å²) in [5.74, 6) is 1.12. The number of esters is 1. The van der Waals surface area contributed by atoms with Gasteiger partial charge in [-0.25, -0.2) is 14.8 Å². The Kier molecular flexibility index (Phi) is 8.82. The highest BCUT2D eigenvalue weighted by Crippen LogP contribution is 2.37. The van der Waals surface area contributed by atoms with Crippen LogP contribution in [0.3, 0.4) is 0 Å². The van der Waals surface area contributed by atoms with Crippen LogP contribution in [0.15, 0.2) is 72.2 Å². The number of benzene rings is 3. The highest BCUT2D eigenvalue weighted by Gasteiger charge is 2.20. The van der Waals surface area contributed by atoms with Gasteiger partial charge in [-0.15, -0.1) is 11.3 Å². The zero-order valence-corrected chi connectivity index (χ0v) is 26.3. The lowest BCUT2D eigenvalue weighted by atomic mass is 10.0. The summed E-state index contributed by atoms with van der Waals surface area (Å²) < 4.78 is 17.3. The molecule has 0 bridgehead atoms. The third kappa shape index (κ3) is 6.65. The SMILES string of the molecule is CCc1c(-c2cccc(C(=O)Nc3ccc(C(=O)OC(C)(C)C)cc3)c2)nc(Nc2ccc(OC)c(OC)c2)c2ncsc12. The molecule has 0 fully saturated rings. The number of pyridine rings is 1. The molecule has 0 unspecified atom stereocenters. The first-order valence-corrected chi connectivity index (χ1v) is 15.0. The number of carbonyl (C=O) groups is 2. The van der Waals surface area contributed by atoms with Crippen LogP contribution in [0, 0.1) is 0 Å². The Hall–Kier alpha value is -4.96. The van der Waals surface area contributed by atoms with Gasteiger partial charge >= 0.3 is 5.97 Å². The number of methoxy groups -OCH3 is 2. The van der Waals surface area contributed by atoms with Crippen LogP contribution in [0.4, 0.5) is 17.2 Å². The van der Waals surface area contributed by atoms with Crippen LogP contribution >= 0.6 is 11.3 Å². The van der Waals surface area contributed by atoms with Gasteiger partial charge in [0, 0.05) is 28.6 Å². The number of hydrogen-bond acceptors (Lipinski definition) is 9. The van der Waals surface area contributed by atoms with Gasteiger partial charge in [-0.05, 0) is 81.3 Å². The number of carbonyl (C=O) groups excluding carboxylic acids is 2. The van der Waals surface area contributed by atoms with E-state index in [4.69, 9.17) is 19.2 Å². The van der Waals surface area contributed by atoms with Crippen molar-refractivity contribution in [3.05, 3.63) is 88.9 Å². The van der Waals surface area contributed by atoms with E-state index >= 15 is 0 Å². The summed E-state index contributed by atoms with van der Waals surface area (Å²) in [7, 11) is 3.19. The van der Waals surface area contributed by atoms with E-state index in [-0.39, 0.29) is 5.91 Å². The number of thiazole rings is 1. The normalized spacial score (nSPS) is 11.2. The zero-order valence-electron chi connectivity index (χ0n) is 25.5. The molecule has 5 rings (SSSR count). The molecule has 3 aromatic carbocycles. The predicted molar refractivity (Wildman–Crippen MR) is 175 cm³/mol. The average Bonchev–Trinajstić information content (AvgIpc) is 3.51. The Labute approximate surface area is 260 Å². The van der Waals surface area contributed by atoms with Crippen molar-refractivity contribution in [3.8, 4) is 22.8 Å². The van der Waals surface area contributed by atoms with E-state index in [9.17, 15) is 9.59 Å². The lowest BCUT2D eigenvalue weighted by molar-refractivity contribution is 0.00694. The first kappa shape index (κ1) is 30.5. The number of nitrogens with zero attached hydrogens (tertiary/aromatic N) is 2. The fraction of sp³-hybridized carbons (Fsp3) is 0.235.